The number of benzene rings is 1. The van der Waals surface area contributed by atoms with Crippen LogP contribution >= 0.6 is 0 Å². The lowest BCUT2D eigenvalue weighted by Gasteiger charge is -2.38. The van der Waals surface area contributed by atoms with Gasteiger partial charge in [-0.3, -0.25) is 0 Å². The Morgan fingerprint density at radius 2 is 1.79 bits per heavy atom. The first kappa shape index (κ1) is 25.1. The van der Waals surface area contributed by atoms with Crippen molar-refractivity contribution in [2.24, 2.45) is 11.1 Å². The summed E-state index contributed by atoms with van der Waals surface area (Å²) in [5.41, 5.74) is 7.21. The summed E-state index contributed by atoms with van der Waals surface area (Å²) >= 11 is 0. The molecule has 0 bridgehead atoms. The van der Waals surface area contributed by atoms with E-state index >= 15 is 0 Å². The molecule has 0 saturated heterocycles. The summed E-state index contributed by atoms with van der Waals surface area (Å²) in [4.78, 5) is 0.235. The highest BCUT2D eigenvalue weighted by Crippen LogP contribution is 2.47. The lowest BCUT2D eigenvalue weighted by Crippen LogP contribution is -2.29. The first-order valence-corrected chi connectivity index (χ1v) is 14.1. The Balaban J connectivity index is 1.96. The van der Waals surface area contributed by atoms with E-state index in [9.17, 15) is 8.42 Å². The van der Waals surface area contributed by atoms with Crippen molar-refractivity contribution in [1.82, 2.24) is 4.57 Å². The van der Waals surface area contributed by atoms with Gasteiger partial charge in [0, 0.05) is 29.3 Å². The number of sulfonamides is 1. The van der Waals surface area contributed by atoms with E-state index in [2.05, 4.69) is 63.2 Å². The molecule has 186 valence electrons. The van der Waals surface area contributed by atoms with Gasteiger partial charge >= 0.3 is 0 Å². The largest absolute Gasteiger partial charge is 0.359 e. The number of hydrogen-bond acceptors (Lipinski definition) is 3. The van der Waals surface area contributed by atoms with Crippen molar-refractivity contribution in [3.63, 3.8) is 0 Å². The topological polar surface area (TPSA) is 77.1 Å². The third-order valence-corrected chi connectivity index (χ3v) is 8.75. The van der Waals surface area contributed by atoms with Crippen molar-refractivity contribution in [2.75, 3.05) is 5.32 Å². The fourth-order valence-electron chi connectivity index (χ4n) is 5.91. The second kappa shape index (κ2) is 8.56. The number of rotatable bonds is 4. The zero-order valence-electron chi connectivity index (χ0n) is 21.7. The van der Waals surface area contributed by atoms with Crippen LogP contribution in [0.2, 0.25) is 0 Å². The van der Waals surface area contributed by atoms with Crippen LogP contribution in [-0.4, -0.2) is 13.0 Å². The van der Waals surface area contributed by atoms with Crippen LogP contribution in [0.1, 0.15) is 90.0 Å². The minimum absolute atomic E-state index is 0.0771. The van der Waals surface area contributed by atoms with Gasteiger partial charge in [-0.05, 0) is 77.8 Å². The number of anilines is 1. The molecule has 0 amide bonds. The maximum Gasteiger partial charge on any atom is 0.239 e. The molecule has 1 aromatic heterocycles. The Morgan fingerprint density at radius 3 is 2.38 bits per heavy atom. The van der Waals surface area contributed by atoms with Gasteiger partial charge in [-0.1, -0.05) is 60.5 Å². The SMILES string of the molecule is C=C1CC(C)(C)c2cc(-c3cc(S(N)(=O)=O)c(C)n3CC3CCCCC3)cc(C(C)(C)C)c2N1. The predicted molar refractivity (Wildman–Crippen MR) is 142 cm³/mol. The monoisotopic (exact) mass is 483 g/mol. The number of fused-ring (bicyclic) bond motifs is 1. The van der Waals surface area contributed by atoms with Gasteiger partial charge in [0.15, 0.2) is 0 Å². The minimum Gasteiger partial charge on any atom is -0.359 e. The first-order valence-electron chi connectivity index (χ1n) is 12.6. The fourth-order valence-corrected chi connectivity index (χ4v) is 6.71. The minimum atomic E-state index is -3.81. The average molecular weight is 484 g/mol. The number of allylic oxidation sites excluding steroid dienone is 1. The molecule has 4 rings (SSSR count). The standard InChI is InChI=1S/C28H41N3O2S/c1-18-16-28(6,7)23-14-21(13-22(26(23)30-18)27(3,4)5)24-15-25(34(29,32)33)19(2)31(24)17-20-11-9-8-10-12-20/h13-15,20,30H,1,8-12,16-17H2,2-7H3,(H2,29,32,33). The fraction of sp³-hybridized carbons (Fsp3) is 0.571. The van der Waals surface area contributed by atoms with Crippen LogP contribution in [0.3, 0.4) is 0 Å². The summed E-state index contributed by atoms with van der Waals surface area (Å²) < 4.78 is 27.2. The molecule has 3 N–H and O–H groups in total. The number of nitrogens with two attached hydrogens (primary N) is 1. The molecular weight excluding hydrogens is 442 g/mol. The van der Waals surface area contributed by atoms with Crippen LogP contribution in [0.25, 0.3) is 11.3 Å². The summed E-state index contributed by atoms with van der Waals surface area (Å²) in [6.45, 7) is 18.2. The molecule has 34 heavy (non-hydrogen) atoms. The van der Waals surface area contributed by atoms with Crippen LogP contribution in [0.4, 0.5) is 5.69 Å². The molecule has 1 aliphatic heterocycles. The van der Waals surface area contributed by atoms with Gasteiger partial charge in [0.05, 0.1) is 0 Å². The number of hydrogen-bond donors (Lipinski definition) is 2. The van der Waals surface area contributed by atoms with E-state index in [0.717, 1.165) is 41.3 Å². The van der Waals surface area contributed by atoms with Crippen LogP contribution in [0, 0.1) is 12.8 Å². The highest BCUT2D eigenvalue weighted by Gasteiger charge is 2.34. The second-order valence-electron chi connectivity index (χ2n) is 12.1. The van der Waals surface area contributed by atoms with Gasteiger partial charge in [0.2, 0.25) is 10.0 Å². The highest BCUT2D eigenvalue weighted by molar-refractivity contribution is 7.89. The molecule has 5 nitrogen and oxygen atoms in total. The molecule has 0 radical (unpaired) electrons. The van der Waals surface area contributed by atoms with E-state index in [4.69, 9.17) is 5.14 Å². The molecular formula is C28H41N3O2S. The predicted octanol–water partition coefficient (Wildman–Crippen LogP) is 6.60. The normalized spacial score (nSPS) is 19.1. The van der Waals surface area contributed by atoms with E-state index < -0.39 is 10.0 Å². The second-order valence-corrected chi connectivity index (χ2v) is 13.7. The molecule has 2 heterocycles. The summed E-state index contributed by atoms with van der Waals surface area (Å²) in [6, 6.07) is 6.28. The number of nitrogens with one attached hydrogen (secondary N) is 1. The lowest BCUT2D eigenvalue weighted by atomic mass is 9.72. The number of primary sulfonamides is 1. The number of nitrogens with zero attached hydrogens (tertiary/aromatic N) is 1. The molecule has 2 aromatic rings. The Hall–Kier alpha value is -2.05. The molecule has 2 aliphatic rings. The van der Waals surface area contributed by atoms with Crippen molar-refractivity contribution in [3.05, 3.63) is 47.3 Å². The average Bonchev–Trinajstić information content (AvgIpc) is 3.03. The third-order valence-electron chi connectivity index (χ3n) is 7.72. The zero-order valence-corrected chi connectivity index (χ0v) is 22.5. The molecule has 6 heteroatoms. The van der Waals surface area contributed by atoms with E-state index in [-0.39, 0.29) is 15.7 Å². The maximum absolute atomic E-state index is 12.5. The van der Waals surface area contributed by atoms with Crippen molar-refractivity contribution in [2.45, 2.75) is 102 Å². The van der Waals surface area contributed by atoms with Crippen LogP contribution in [0.15, 0.2) is 35.4 Å². The quantitative estimate of drug-likeness (QED) is 0.514. The van der Waals surface area contributed by atoms with Gasteiger partial charge in [0.1, 0.15) is 4.90 Å². The molecule has 0 atom stereocenters. The Labute approximate surface area is 205 Å². The van der Waals surface area contributed by atoms with Gasteiger partial charge in [-0.25, -0.2) is 13.6 Å². The highest BCUT2D eigenvalue weighted by atomic mass is 32.2. The Bertz CT molecular complexity index is 1210. The van der Waals surface area contributed by atoms with Gasteiger partial charge in [-0.2, -0.15) is 0 Å². The van der Waals surface area contributed by atoms with E-state index in [1.807, 2.05) is 6.92 Å². The van der Waals surface area contributed by atoms with Crippen LogP contribution in [-0.2, 0) is 27.4 Å². The molecule has 1 aliphatic carbocycles. The van der Waals surface area contributed by atoms with Gasteiger partial charge < -0.3 is 9.88 Å². The van der Waals surface area contributed by atoms with Crippen LogP contribution < -0.4 is 10.5 Å². The van der Waals surface area contributed by atoms with Gasteiger partial charge in [0.25, 0.3) is 0 Å². The maximum atomic E-state index is 12.5. The van der Waals surface area contributed by atoms with E-state index in [1.54, 1.807) is 6.07 Å². The number of aromatic nitrogens is 1. The van der Waals surface area contributed by atoms with Crippen molar-refractivity contribution in [1.29, 1.82) is 0 Å². The summed E-state index contributed by atoms with van der Waals surface area (Å²) in [5.74, 6) is 0.563. The van der Waals surface area contributed by atoms with E-state index in [1.165, 1.54) is 43.2 Å². The molecule has 1 saturated carbocycles. The van der Waals surface area contributed by atoms with Crippen molar-refractivity contribution in [3.8, 4) is 11.3 Å². The molecule has 1 aromatic carbocycles. The molecule has 0 unspecified atom stereocenters. The molecule has 1 fully saturated rings. The van der Waals surface area contributed by atoms with Crippen molar-refractivity contribution >= 4 is 15.7 Å². The van der Waals surface area contributed by atoms with Crippen LogP contribution in [0.5, 0.6) is 0 Å². The van der Waals surface area contributed by atoms with Crippen molar-refractivity contribution < 1.29 is 8.42 Å². The Morgan fingerprint density at radius 1 is 1.15 bits per heavy atom. The smallest absolute Gasteiger partial charge is 0.239 e. The third kappa shape index (κ3) is 4.72. The summed E-state index contributed by atoms with van der Waals surface area (Å²) in [7, 11) is -3.81. The first-order chi connectivity index (χ1) is 15.7. The summed E-state index contributed by atoms with van der Waals surface area (Å²) in [5, 5.41) is 9.23. The molecule has 0 spiro atoms. The van der Waals surface area contributed by atoms with E-state index in [0.29, 0.717) is 5.92 Å². The summed E-state index contributed by atoms with van der Waals surface area (Å²) in [6.07, 6.45) is 7.04. The Kier molecular flexibility index (Phi) is 6.31. The zero-order chi connectivity index (χ0) is 25.1. The van der Waals surface area contributed by atoms with Gasteiger partial charge in [-0.15, -0.1) is 0 Å². The lowest BCUT2D eigenvalue weighted by molar-refractivity contribution is 0.318.